The van der Waals surface area contributed by atoms with Crippen molar-refractivity contribution < 1.29 is 31.4 Å². The van der Waals surface area contributed by atoms with Crippen LogP contribution in [0.2, 0.25) is 0 Å². The van der Waals surface area contributed by atoms with E-state index in [-0.39, 0.29) is 17.1 Å². The number of nitriles is 1. The number of aromatic amines is 1. The Balaban J connectivity index is 1.91. The molecule has 3 aromatic rings. The Morgan fingerprint density at radius 3 is 2.62 bits per heavy atom. The number of aromatic nitrogens is 3. The lowest BCUT2D eigenvalue weighted by molar-refractivity contribution is -0.275. The van der Waals surface area contributed by atoms with Crippen LogP contribution < -0.4 is 4.74 Å². The molecule has 1 aromatic carbocycles. The van der Waals surface area contributed by atoms with Crippen molar-refractivity contribution in [2.45, 2.75) is 37.6 Å². The third-order valence-corrected chi connectivity index (χ3v) is 6.08. The number of alkyl halides is 3. The van der Waals surface area contributed by atoms with Crippen molar-refractivity contribution in [1.29, 1.82) is 5.26 Å². The van der Waals surface area contributed by atoms with E-state index in [1.165, 1.54) is 25.3 Å². The standard InChI is InChI=1S/C21H17F5N4O2/c1-9-15(11-4-5-12(22)16(23)17(11)31-3)18(32-20(9,2)21(24,25)26)19-29-13-6-10(7-27)28-8-14(13)30-19/h4-6,8-9,15,18H,1-3H3,(H,29,30)/t9-,15+,18+,20+/m0/s1. The van der Waals surface area contributed by atoms with E-state index in [9.17, 15) is 22.0 Å². The first kappa shape index (κ1) is 22.0. The molecule has 0 amide bonds. The molecule has 4 rings (SSSR count). The van der Waals surface area contributed by atoms with E-state index < -0.39 is 47.1 Å². The summed E-state index contributed by atoms with van der Waals surface area (Å²) >= 11 is 0. The number of benzene rings is 1. The fourth-order valence-electron chi connectivity index (χ4n) is 4.17. The van der Waals surface area contributed by atoms with Crippen molar-refractivity contribution in [1.82, 2.24) is 15.0 Å². The lowest BCUT2D eigenvalue weighted by atomic mass is 9.77. The largest absolute Gasteiger partial charge is 0.493 e. The molecule has 1 aliphatic rings. The molecule has 0 radical (unpaired) electrons. The molecule has 1 N–H and O–H groups in total. The number of halogens is 5. The highest BCUT2D eigenvalue weighted by Crippen LogP contribution is 2.59. The smallest absolute Gasteiger partial charge is 0.417 e. The number of rotatable bonds is 3. The number of hydrogen-bond acceptors (Lipinski definition) is 5. The Morgan fingerprint density at radius 2 is 2.00 bits per heavy atom. The van der Waals surface area contributed by atoms with Crippen molar-refractivity contribution in [2.24, 2.45) is 5.92 Å². The highest BCUT2D eigenvalue weighted by Gasteiger charge is 2.65. The summed E-state index contributed by atoms with van der Waals surface area (Å²) in [7, 11) is 1.11. The summed E-state index contributed by atoms with van der Waals surface area (Å²) in [6.45, 7) is 2.24. The fourth-order valence-corrected chi connectivity index (χ4v) is 4.17. The molecular weight excluding hydrogens is 435 g/mol. The summed E-state index contributed by atoms with van der Waals surface area (Å²) in [5.74, 6) is -5.25. The van der Waals surface area contributed by atoms with Crippen molar-refractivity contribution in [3.05, 3.63) is 53.1 Å². The molecule has 168 valence electrons. The maximum absolute atomic E-state index is 14.4. The number of hydrogen-bond donors (Lipinski definition) is 1. The van der Waals surface area contributed by atoms with Gasteiger partial charge in [-0.2, -0.15) is 22.8 Å². The monoisotopic (exact) mass is 452 g/mol. The summed E-state index contributed by atoms with van der Waals surface area (Å²) in [6.07, 6.45) is -4.72. The molecule has 6 nitrogen and oxygen atoms in total. The lowest BCUT2D eigenvalue weighted by Gasteiger charge is -2.32. The first-order valence-electron chi connectivity index (χ1n) is 9.54. The van der Waals surface area contributed by atoms with Crippen molar-refractivity contribution >= 4 is 11.0 Å². The molecule has 11 heteroatoms. The minimum absolute atomic E-state index is 0.0215. The summed E-state index contributed by atoms with van der Waals surface area (Å²) in [4.78, 5) is 11.1. The van der Waals surface area contributed by atoms with Gasteiger partial charge >= 0.3 is 6.18 Å². The minimum atomic E-state index is -4.76. The molecule has 0 aliphatic carbocycles. The van der Waals surface area contributed by atoms with E-state index in [0.29, 0.717) is 11.0 Å². The van der Waals surface area contributed by atoms with Crippen LogP contribution in [0.4, 0.5) is 22.0 Å². The first-order valence-corrected chi connectivity index (χ1v) is 9.54. The van der Waals surface area contributed by atoms with Crippen LogP contribution in [0.15, 0.2) is 24.4 Å². The predicted molar refractivity (Wildman–Crippen MR) is 102 cm³/mol. The summed E-state index contributed by atoms with van der Waals surface area (Å²) in [5, 5.41) is 9.02. The van der Waals surface area contributed by atoms with Gasteiger partial charge in [-0.3, -0.25) is 0 Å². The molecule has 4 atom stereocenters. The van der Waals surface area contributed by atoms with E-state index in [4.69, 9.17) is 14.7 Å². The Bertz CT molecular complexity index is 1240. The summed E-state index contributed by atoms with van der Waals surface area (Å²) in [5.41, 5.74) is -1.82. The average molecular weight is 452 g/mol. The SMILES string of the molecule is COc1c([C@@H]2[C@H](c3nc4cc(C#N)ncc4[nH]3)O[C@@](C)(C(F)(F)F)[C@H]2C)ccc(F)c1F. The van der Waals surface area contributed by atoms with Gasteiger partial charge < -0.3 is 14.5 Å². The molecule has 2 aromatic heterocycles. The van der Waals surface area contributed by atoms with Crippen LogP contribution in [-0.4, -0.2) is 33.8 Å². The van der Waals surface area contributed by atoms with Gasteiger partial charge in [0.1, 0.15) is 23.7 Å². The maximum atomic E-state index is 14.4. The number of nitrogens with one attached hydrogen (secondary N) is 1. The number of H-pyrrole nitrogens is 1. The van der Waals surface area contributed by atoms with E-state index in [0.717, 1.165) is 20.1 Å². The molecule has 1 aliphatic heterocycles. The van der Waals surface area contributed by atoms with Gasteiger partial charge in [0.25, 0.3) is 0 Å². The molecule has 0 unspecified atom stereocenters. The fraction of sp³-hybridized carbons (Fsp3) is 0.381. The average Bonchev–Trinajstić information content (AvgIpc) is 3.28. The van der Waals surface area contributed by atoms with E-state index in [1.807, 2.05) is 6.07 Å². The molecule has 0 spiro atoms. The molecule has 0 saturated carbocycles. The summed E-state index contributed by atoms with van der Waals surface area (Å²) < 4.78 is 80.9. The number of nitrogens with zero attached hydrogens (tertiary/aromatic N) is 3. The molecule has 1 saturated heterocycles. The Morgan fingerprint density at radius 1 is 1.28 bits per heavy atom. The van der Waals surface area contributed by atoms with Gasteiger partial charge in [-0.1, -0.05) is 13.0 Å². The minimum Gasteiger partial charge on any atom is -0.493 e. The molecule has 3 heterocycles. The Kier molecular flexibility index (Phi) is 5.08. The van der Waals surface area contributed by atoms with E-state index in [2.05, 4.69) is 15.0 Å². The second-order valence-corrected chi connectivity index (χ2v) is 7.76. The lowest BCUT2D eigenvalue weighted by Crippen LogP contribution is -2.46. The third-order valence-electron chi connectivity index (χ3n) is 6.08. The van der Waals surface area contributed by atoms with Crippen LogP contribution in [-0.2, 0) is 4.74 Å². The number of ether oxygens (including phenoxy) is 2. The van der Waals surface area contributed by atoms with Gasteiger partial charge in [0.15, 0.2) is 17.2 Å². The van der Waals surface area contributed by atoms with Crippen LogP contribution in [0.25, 0.3) is 11.0 Å². The third kappa shape index (κ3) is 3.17. The zero-order chi connectivity index (χ0) is 23.4. The van der Waals surface area contributed by atoms with Crippen LogP contribution in [0, 0.1) is 28.9 Å². The number of fused-ring (bicyclic) bond motifs is 1. The van der Waals surface area contributed by atoms with Crippen LogP contribution >= 0.6 is 0 Å². The number of pyridine rings is 1. The zero-order valence-electron chi connectivity index (χ0n) is 17.1. The van der Waals surface area contributed by atoms with Gasteiger partial charge in [0, 0.05) is 23.5 Å². The second kappa shape index (κ2) is 7.41. The first-order chi connectivity index (χ1) is 15.0. The Labute approximate surface area is 179 Å². The van der Waals surface area contributed by atoms with Gasteiger partial charge in [-0.25, -0.2) is 14.4 Å². The van der Waals surface area contributed by atoms with E-state index >= 15 is 0 Å². The number of methoxy groups -OCH3 is 1. The predicted octanol–water partition coefficient (Wildman–Crippen LogP) is 4.93. The zero-order valence-corrected chi connectivity index (χ0v) is 17.1. The van der Waals surface area contributed by atoms with Crippen molar-refractivity contribution in [2.75, 3.05) is 7.11 Å². The normalized spacial score (nSPS) is 25.8. The van der Waals surface area contributed by atoms with Gasteiger partial charge in [-0.15, -0.1) is 0 Å². The molecule has 0 bridgehead atoms. The number of imidazole rings is 1. The molecule has 32 heavy (non-hydrogen) atoms. The second-order valence-electron chi connectivity index (χ2n) is 7.76. The Hall–Kier alpha value is -3.26. The highest BCUT2D eigenvalue weighted by molar-refractivity contribution is 5.75. The van der Waals surface area contributed by atoms with Crippen LogP contribution in [0.5, 0.6) is 5.75 Å². The highest BCUT2D eigenvalue weighted by atomic mass is 19.4. The van der Waals surface area contributed by atoms with E-state index in [1.54, 1.807) is 0 Å². The molecule has 1 fully saturated rings. The van der Waals surface area contributed by atoms with Crippen molar-refractivity contribution in [3.63, 3.8) is 0 Å². The van der Waals surface area contributed by atoms with Crippen LogP contribution in [0.3, 0.4) is 0 Å². The molecular formula is C21H17F5N4O2. The maximum Gasteiger partial charge on any atom is 0.417 e. The summed E-state index contributed by atoms with van der Waals surface area (Å²) in [6, 6.07) is 5.26. The van der Waals surface area contributed by atoms with Gasteiger partial charge in [0.05, 0.1) is 24.3 Å². The topological polar surface area (TPSA) is 83.8 Å². The van der Waals surface area contributed by atoms with Crippen molar-refractivity contribution in [3.8, 4) is 11.8 Å². The van der Waals surface area contributed by atoms with Gasteiger partial charge in [-0.05, 0) is 13.0 Å². The van der Waals surface area contributed by atoms with Gasteiger partial charge in [0.2, 0.25) is 5.82 Å². The quantitative estimate of drug-likeness (QED) is 0.570. The van der Waals surface area contributed by atoms with Crippen LogP contribution in [0.1, 0.15) is 43.0 Å².